The second-order valence-corrected chi connectivity index (χ2v) is 5.36. The molecule has 23 heavy (non-hydrogen) atoms. The van der Waals surface area contributed by atoms with E-state index in [-0.39, 0.29) is 28.8 Å². The van der Waals surface area contributed by atoms with E-state index >= 15 is 0 Å². The van der Waals surface area contributed by atoms with Crippen molar-refractivity contribution < 1.29 is 9.18 Å². The Labute approximate surface area is 132 Å². The number of rotatable bonds is 3. The number of aromatic nitrogens is 1. The number of hydrogen-bond acceptors (Lipinski definition) is 2. The van der Waals surface area contributed by atoms with Gasteiger partial charge in [-0.25, -0.2) is 4.39 Å². The molecule has 0 atom stereocenters. The zero-order valence-corrected chi connectivity index (χ0v) is 12.5. The van der Waals surface area contributed by atoms with Gasteiger partial charge in [-0.15, -0.1) is 0 Å². The maximum Gasteiger partial charge on any atom is 0.244 e. The molecule has 0 spiro atoms. The summed E-state index contributed by atoms with van der Waals surface area (Å²) in [7, 11) is 0. The molecular formula is C18H15FN2O2. The molecule has 4 nitrogen and oxygen atoms in total. The van der Waals surface area contributed by atoms with E-state index in [1.54, 1.807) is 18.2 Å². The summed E-state index contributed by atoms with van der Waals surface area (Å²) >= 11 is 0. The van der Waals surface area contributed by atoms with E-state index in [1.807, 2.05) is 19.1 Å². The molecule has 0 aliphatic heterocycles. The number of amides is 1. The van der Waals surface area contributed by atoms with Crippen LogP contribution in [-0.2, 0) is 11.3 Å². The fourth-order valence-electron chi connectivity index (χ4n) is 2.45. The van der Waals surface area contributed by atoms with Gasteiger partial charge in [-0.3, -0.25) is 9.59 Å². The first-order valence-electron chi connectivity index (χ1n) is 7.19. The largest absolute Gasteiger partial charge is 0.335 e. The fourth-order valence-corrected chi connectivity index (χ4v) is 2.45. The molecule has 0 unspecified atom stereocenters. The molecule has 3 aromatic rings. The van der Waals surface area contributed by atoms with E-state index in [0.717, 1.165) is 5.56 Å². The zero-order chi connectivity index (χ0) is 16.4. The quantitative estimate of drug-likeness (QED) is 0.808. The number of halogens is 1. The Morgan fingerprint density at radius 1 is 1.13 bits per heavy atom. The number of benzene rings is 2. The van der Waals surface area contributed by atoms with E-state index in [2.05, 4.69) is 5.32 Å². The van der Waals surface area contributed by atoms with Gasteiger partial charge in [0.2, 0.25) is 5.91 Å². The minimum Gasteiger partial charge on any atom is -0.335 e. The SMILES string of the molecule is Cc1ccc(NC(=O)Cn2ccc(=O)c3cccc(F)c32)cc1. The second kappa shape index (κ2) is 6.04. The number of fused-ring (bicyclic) bond motifs is 1. The normalized spacial score (nSPS) is 10.7. The van der Waals surface area contributed by atoms with Gasteiger partial charge in [-0.05, 0) is 31.2 Å². The molecule has 5 heteroatoms. The molecule has 2 aromatic carbocycles. The number of carbonyl (C=O) groups excluding carboxylic acids is 1. The minimum absolute atomic E-state index is 0.0778. The third kappa shape index (κ3) is 3.13. The predicted molar refractivity (Wildman–Crippen MR) is 88.0 cm³/mol. The van der Waals surface area contributed by atoms with Crippen LogP contribution < -0.4 is 10.7 Å². The summed E-state index contributed by atoms with van der Waals surface area (Å²) in [5.74, 6) is -0.814. The predicted octanol–water partition coefficient (Wildman–Crippen LogP) is 3.09. The Morgan fingerprint density at radius 3 is 2.61 bits per heavy atom. The summed E-state index contributed by atoms with van der Waals surface area (Å²) in [5, 5.41) is 3.02. The van der Waals surface area contributed by atoms with Crippen molar-refractivity contribution in [2.45, 2.75) is 13.5 Å². The Hall–Kier alpha value is -2.95. The number of anilines is 1. The maximum atomic E-state index is 14.1. The highest BCUT2D eigenvalue weighted by Crippen LogP contribution is 2.15. The van der Waals surface area contributed by atoms with E-state index in [4.69, 9.17) is 0 Å². The molecule has 1 aromatic heterocycles. The first-order chi connectivity index (χ1) is 11.0. The average molecular weight is 310 g/mol. The topological polar surface area (TPSA) is 51.1 Å². The van der Waals surface area contributed by atoms with Crippen LogP contribution in [0.5, 0.6) is 0 Å². The van der Waals surface area contributed by atoms with Gasteiger partial charge in [0.15, 0.2) is 5.43 Å². The summed E-state index contributed by atoms with van der Waals surface area (Å²) in [6.07, 6.45) is 1.43. The summed E-state index contributed by atoms with van der Waals surface area (Å²) in [4.78, 5) is 24.0. The number of nitrogens with one attached hydrogen (secondary N) is 1. The molecule has 0 radical (unpaired) electrons. The highest BCUT2D eigenvalue weighted by Gasteiger charge is 2.10. The summed E-state index contributed by atoms with van der Waals surface area (Å²) < 4.78 is 15.5. The van der Waals surface area contributed by atoms with Gasteiger partial charge >= 0.3 is 0 Å². The van der Waals surface area contributed by atoms with Crippen LogP contribution in [-0.4, -0.2) is 10.5 Å². The highest BCUT2D eigenvalue weighted by atomic mass is 19.1. The summed E-state index contributed by atoms with van der Waals surface area (Å²) in [6.45, 7) is 1.88. The third-order valence-corrected chi connectivity index (χ3v) is 3.59. The van der Waals surface area contributed by atoms with Gasteiger partial charge < -0.3 is 9.88 Å². The van der Waals surface area contributed by atoms with Gasteiger partial charge in [-0.1, -0.05) is 23.8 Å². The van der Waals surface area contributed by atoms with Gasteiger partial charge in [0, 0.05) is 23.3 Å². The molecule has 0 saturated carbocycles. The lowest BCUT2D eigenvalue weighted by atomic mass is 10.2. The van der Waals surface area contributed by atoms with E-state index in [1.165, 1.54) is 29.0 Å². The van der Waals surface area contributed by atoms with Gasteiger partial charge in [-0.2, -0.15) is 0 Å². The highest BCUT2D eigenvalue weighted by molar-refractivity contribution is 5.91. The number of para-hydroxylation sites is 1. The molecule has 1 heterocycles. The lowest BCUT2D eigenvalue weighted by molar-refractivity contribution is -0.116. The Morgan fingerprint density at radius 2 is 1.87 bits per heavy atom. The zero-order valence-electron chi connectivity index (χ0n) is 12.5. The van der Waals surface area contributed by atoms with Crippen LogP contribution in [0.1, 0.15) is 5.56 Å². The fraction of sp³-hybridized carbons (Fsp3) is 0.111. The van der Waals surface area contributed by atoms with Gasteiger partial charge in [0.1, 0.15) is 12.4 Å². The van der Waals surface area contributed by atoms with Crippen LogP contribution in [0.15, 0.2) is 59.5 Å². The van der Waals surface area contributed by atoms with Crippen molar-refractivity contribution in [3.8, 4) is 0 Å². The summed E-state index contributed by atoms with van der Waals surface area (Å²) in [6, 6.07) is 13.0. The van der Waals surface area contributed by atoms with Gasteiger partial charge in [0.05, 0.1) is 5.52 Å². The van der Waals surface area contributed by atoms with Crippen molar-refractivity contribution >= 4 is 22.5 Å². The number of nitrogens with zero attached hydrogens (tertiary/aromatic N) is 1. The Balaban J connectivity index is 1.89. The lowest BCUT2D eigenvalue weighted by Crippen LogP contribution is -2.20. The van der Waals surface area contributed by atoms with Crippen LogP contribution in [0.2, 0.25) is 0 Å². The third-order valence-electron chi connectivity index (χ3n) is 3.59. The first kappa shape index (κ1) is 15.0. The lowest BCUT2D eigenvalue weighted by Gasteiger charge is -2.11. The molecule has 3 rings (SSSR count). The smallest absolute Gasteiger partial charge is 0.244 e. The van der Waals surface area contributed by atoms with Crippen LogP contribution in [0.3, 0.4) is 0 Å². The van der Waals surface area contributed by atoms with E-state index in [0.29, 0.717) is 5.69 Å². The summed E-state index contributed by atoms with van der Waals surface area (Å²) in [5.41, 5.74) is 1.64. The van der Waals surface area contributed by atoms with Crippen LogP contribution in [0.25, 0.3) is 10.9 Å². The average Bonchev–Trinajstić information content (AvgIpc) is 2.53. The van der Waals surface area contributed by atoms with Crippen molar-refractivity contribution in [3.63, 3.8) is 0 Å². The molecule has 0 fully saturated rings. The monoisotopic (exact) mass is 310 g/mol. The number of carbonyl (C=O) groups is 1. The van der Waals surface area contributed by atoms with E-state index in [9.17, 15) is 14.0 Å². The van der Waals surface area contributed by atoms with E-state index < -0.39 is 5.82 Å². The van der Waals surface area contributed by atoms with Crippen LogP contribution in [0.4, 0.5) is 10.1 Å². The molecule has 0 bridgehead atoms. The van der Waals surface area contributed by atoms with Crippen LogP contribution >= 0.6 is 0 Å². The molecular weight excluding hydrogens is 295 g/mol. The van der Waals surface area contributed by atoms with Crippen LogP contribution in [0, 0.1) is 12.7 Å². The van der Waals surface area contributed by atoms with Crippen molar-refractivity contribution in [1.82, 2.24) is 4.57 Å². The van der Waals surface area contributed by atoms with Crippen molar-refractivity contribution in [2.24, 2.45) is 0 Å². The second-order valence-electron chi connectivity index (χ2n) is 5.36. The van der Waals surface area contributed by atoms with Crippen molar-refractivity contribution in [1.29, 1.82) is 0 Å². The molecule has 0 aliphatic rings. The number of pyridine rings is 1. The van der Waals surface area contributed by atoms with Crippen molar-refractivity contribution in [3.05, 3.63) is 76.3 Å². The molecule has 0 saturated heterocycles. The standard InChI is InChI=1S/C18H15FN2O2/c1-12-5-7-13(8-6-12)20-17(23)11-21-10-9-16(22)14-3-2-4-15(19)18(14)21/h2-10H,11H2,1H3,(H,20,23). The Bertz CT molecular complexity index is 930. The van der Waals surface area contributed by atoms with Gasteiger partial charge in [0.25, 0.3) is 0 Å². The number of aryl methyl sites for hydroxylation is 1. The molecule has 1 amide bonds. The molecule has 1 N–H and O–H groups in total. The minimum atomic E-state index is -0.525. The molecule has 0 aliphatic carbocycles. The first-order valence-corrected chi connectivity index (χ1v) is 7.19. The number of hydrogen-bond donors (Lipinski definition) is 1. The molecule has 116 valence electrons. The maximum absolute atomic E-state index is 14.1. The van der Waals surface area contributed by atoms with Crippen molar-refractivity contribution in [2.75, 3.05) is 5.32 Å². The Kier molecular flexibility index (Phi) is 3.93.